The second kappa shape index (κ2) is 4.13. The van der Waals surface area contributed by atoms with Gasteiger partial charge in [-0.3, -0.25) is 0 Å². The van der Waals surface area contributed by atoms with E-state index in [0.29, 0.717) is 6.42 Å². The average Bonchev–Trinajstić information content (AvgIpc) is 2.03. The zero-order valence-electron chi connectivity index (χ0n) is 5.99. The van der Waals surface area contributed by atoms with Gasteiger partial charge in [0, 0.05) is 0 Å². The van der Waals surface area contributed by atoms with Crippen molar-refractivity contribution in [2.45, 2.75) is 6.42 Å². The Bertz CT molecular complexity index is 269. The molecule has 2 nitrogen and oxygen atoms in total. The van der Waals surface area contributed by atoms with Crippen LogP contribution < -0.4 is 0 Å². The molecule has 0 aromatic heterocycles. The highest BCUT2D eigenvalue weighted by molar-refractivity contribution is 7.72. The first-order valence-electron chi connectivity index (χ1n) is 3.36. The number of hydrogen-bond acceptors (Lipinski definition) is 2. The van der Waals surface area contributed by atoms with Gasteiger partial charge < -0.3 is 0 Å². The summed E-state index contributed by atoms with van der Waals surface area (Å²) in [6, 6.07) is 10.2. The van der Waals surface area contributed by atoms with Crippen LogP contribution in [-0.2, 0) is 17.1 Å². The van der Waals surface area contributed by atoms with Crippen molar-refractivity contribution >= 4 is 10.7 Å². The van der Waals surface area contributed by atoms with E-state index in [9.17, 15) is 8.42 Å². The van der Waals surface area contributed by atoms with Crippen molar-refractivity contribution in [1.82, 2.24) is 0 Å². The summed E-state index contributed by atoms with van der Waals surface area (Å²) in [5, 5.41) is 0. The predicted molar refractivity (Wildman–Crippen MR) is 44.2 cm³/mol. The maximum atomic E-state index is 10.2. The molecule has 11 heavy (non-hydrogen) atoms. The maximum absolute atomic E-state index is 10.2. The maximum Gasteiger partial charge on any atom is 0.140 e. The summed E-state index contributed by atoms with van der Waals surface area (Å²) < 4.78 is 20.4. The fourth-order valence-corrected chi connectivity index (χ4v) is 1.25. The standard InChI is InChI=1S/C8H9O2S/c9-11(10)7-6-8-4-2-1-3-5-8/h2-5,11H,6-7H2. The molecule has 0 unspecified atom stereocenters. The average molecular weight is 169 g/mol. The normalized spacial score (nSPS) is 10.3. The van der Waals surface area contributed by atoms with Gasteiger partial charge in [0.05, 0.1) is 5.75 Å². The molecule has 1 radical (unpaired) electrons. The summed E-state index contributed by atoms with van der Waals surface area (Å²) in [5.41, 5.74) is 1.04. The van der Waals surface area contributed by atoms with E-state index < -0.39 is 10.7 Å². The molecule has 0 saturated carbocycles. The molecule has 0 aliphatic rings. The van der Waals surface area contributed by atoms with E-state index in [1.165, 1.54) is 0 Å². The van der Waals surface area contributed by atoms with E-state index in [0.717, 1.165) is 5.56 Å². The fraction of sp³-hybridized carbons (Fsp3) is 0.250. The second-order valence-electron chi connectivity index (χ2n) is 2.21. The molecule has 0 aliphatic carbocycles. The van der Waals surface area contributed by atoms with Crippen LogP contribution in [-0.4, -0.2) is 14.2 Å². The van der Waals surface area contributed by atoms with Crippen LogP contribution >= 0.6 is 0 Å². The van der Waals surface area contributed by atoms with Crippen molar-refractivity contribution in [3.63, 3.8) is 0 Å². The lowest BCUT2D eigenvalue weighted by Crippen LogP contribution is -1.92. The Balaban J connectivity index is 2.52. The van der Waals surface area contributed by atoms with Crippen molar-refractivity contribution in [2.24, 2.45) is 0 Å². The van der Waals surface area contributed by atoms with Crippen LogP contribution in [0.25, 0.3) is 0 Å². The minimum absolute atomic E-state index is 0.235. The van der Waals surface area contributed by atoms with E-state index in [4.69, 9.17) is 0 Å². The third-order valence-electron chi connectivity index (χ3n) is 1.37. The van der Waals surface area contributed by atoms with Gasteiger partial charge in [-0.1, -0.05) is 24.3 Å². The molecule has 0 amide bonds. The van der Waals surface area contributed by atoms with Gasteiger partial charge in [0.1, 0.15) is 10.7 Å². The lowest BCUT2D eigenvalue weighted by molar-refractivity contribution is 0.614. The molecule has 0 aliphatic heterocycles. The Labute approximate surface area is 67.8 Å². The lowest BCUT2D eigenvalue weighted by Gasteiger charge is -1.93. The molecule has 0 spiro atoms. The second-order valence-corrected chi connectivity index (χ2v) is 3.33. The number of benzene rings is 1. The highest BCUT2D eigenvalue weighted by Gasteiger charge is 1.91. The molecule has 1 rings (SSSR count). The molecule has 0 saturated heterocycles. The van der Waals surface area contributed by atoms with Crippen molar-refractivity contribution in [2.75, 3.05) is 5.75 Å². The van der Waals surface area contributed by atoms with Gasteiger partial charge in [-0.2, -0.15) is 0 Å². The van der Waals surface area contributed by atoms with Crippen molar-refractivity contribution in [3.8, 4) is 0 Å². The molecule has 0 heterocycles. The summed E-state index contributed by atoms with van der Waals surface area (Å²) in [4.78, 5) is 0. The van der Waals surface area contributed by atoms with Gasteiger partial charge >= 0.3 is 0 Å². The van der Waals surface area contributed by atoms with Gasteiger partial charge in [-0.25, -0.2) is 8.42 Å². The fourth-order valence-electron chi connectivity index (χ4n) is 0.808. The van der Waals surface area contributed by atoms with Gasteiger partial charge in [-0.15, -0.1) is 0 Å². The molecule has 1 aromatic rings. The quantitative estimate of drug-likeness (QED) is 0.674. The first kappa shape index (κ1) is 8.27. The zero-order chi connectivity index (χ0) is 8.10. The van der Waals surface area contributed by atoms with Crippen LogP contribution in [0.3, 0.4) is 0 Å². The molecule has 0 bridgehead atoms. The highest BCUT2D eigenvalue weighted by Crippen LogP contribution is 1.98. The van der Waals surface area contributed by atoms with Gasteiger partial charge in [0.2, 0.25) is 0 Å². The number of aryl methyl sites for hydroxylation is 1. The number of hydrogen-bond donors (Lipinski definition) is 1. The molecule has 3 heteroatoms. The highest BCUT2D eigenvalue weighted by atomic mass is 32.2. The molecule has 0 atom stereocenters. The molecule has 1 aromatic carbocycles. The molecule has 0 fully saturated rings. The van der Waals surface area contributed by atoms with Gasteiger partial charge in [-0.05, 0) is 18.1 Å². The van der Waals surface area contributed by atoms with Crippen LogP contribution in [0.5, 0.6) is 0 Å². The largest absolute Gasteiger partial charge is 0.232 e. The van der Waals surface area contributed by atoms with E-state index in [-0.39, 0.29) is 5.75 Å². The van der Waals surface area contributed by atoms with E-state index >= 15 is 0 Å². The smallest absolute Gasteiger partial charge is 0.140 e. The minimum atomic E-state index is -2.23. The number of thiol groups is 1. The summed E-state index contributed by atoms with van der Waals surface area (Å²) in [6.07, 6.45) is 0.605. The summed E-state index contributed by atoms with van der Waals surface area (Å²) in [5.74, 6) is 0.235. The van der Waals surface area contributed by atoms with Crippen molar-refractivity contribution in [3.05, 3.63) is 35.9 Å². The third-order valence-corrected chi connectivity index (χ3v) is 1.96. The zero-order valence-corrected chi connectivity index (χ0v) is 6.88. The predicted octanol–water partition coefficient (Wildman–Crippen LogP) is 0.641. The Morgan fingerprint density at radius 1 is 1.27 bits per heavy atom. The molecular formula is C8H9O2S. The van der Waals surface area contributed by atoms with E-state index in [1.54, 1.807) is 12.1 Å². The van der Waals surface area contributed by atoms with Crippen LogP contribution in [0.4, 0.5) is 0 Å². The Kier molecular flexibility index (Phi) is 3.11. The van der Waals surface area contributed by atoms with Crippen molar-refractivity contribution in [1.29, 1.82) is 0 Å². The van der Waals surface area contributed by atoms with Gasteiger partial charge in [0.15, 0.2) is 0 Å². The van der Waals surface area contributed by atoms with Crippen molar-refractivity contribution < 1.29 is 8.42 Å². The topological polar surface area (TPSA) is 34.1 Å². The van der Waals surface area contributed by atoms with Crippen LogP contribution in [0.1, 0.15) is 5.56 Å². The Morgan fingerprint density at radius 2 is 1.91 bits per heavy atom. The summed E-state index contributed by atoms with van der Waals surface area (Å²) in [6.45, 7) is 0. The molecular weight excluding hydrogens is 160 g/mol. The monoisotopic (exact) mass is 169 g/mol. The molecule has 59 valence electrons. The Hall–Kier alpha value is -0.830. The van der Waals surface area contributed by atoms with Crippen LogP contribution in [0.15, 0.2) is 24.3 Å². The Morgan fingerprint density at radius 3 is 2.45 bits per heavy atom. The van der Waals surface area contributed by atoms with E-state index in [2.05, 4.69) is 6.07 Å². The SMILES string of the molecule is O=[SH](=O)CCc1cc[c]cc1. The third kappa shape index (κ3) is 3.18. The van der Waals surface area contributed by atoms with Crippen LogP contribution in [0, 0.1) is 6.07 Å². The van der Waals surface area contributed by atoms with E-state index in [1.807, 2.05) is 12.1 Å². The molecule has 0 N–H and O–H groups in total. The lowest BCUT2D eigenvalue weighted by atomic mass is 10.2. The van der Waals surface area contributed by atoms with Crippen LogP contribution in [0.2, 0.25) is 0 Å². The first-order valence-corrected chi connectivity index (χ1v) is 4.72. The van der Waals surface area contributed by atoms with Gasteiger partial charge in [0.25, 0.3) is 0 Å². The summed E-state index contributed by atoms with van der Waals surface area (Å²) in [7, 11) is -2.23. The number of rotatable bonds is 3. The summed E-state index contributed by atoms with van der Waals surface area (Å²) >= 11 is 0. The first-order chi connectivity index (χ1) is 5.29. The minimum Gasteiger partial charge on any atom is -0.232 e.